The molecule has 1 aromatic carbocycles. The Morgan fingerprint density at radius 2 is 2.11 bits per heavy atom. The number of hydrogen-bond donors (Lipinski definition) is 0. The lowest BCUT2D eigenvalue weighted by molar-refractivity contribution is -0.385. The predicted molar refractivity (Wildman–Crippen MR) is 64.5 cm³/mol. The standard InChI is InChI=1S/C12H11N3O3/c1-8-6-13-14(7-8)12(16)10-4-3-9(2)11(5-10)15(17)18/h3-7H,1-2H3. The lowest BCUT2D eigenvalue weighted by atomic mass is 10.1. The number of carbonyl (C=O) groups excluding carboxylic acids is 1. The molecule has 0 spiro atoms. The fourth-order valence-electron chi connectivity index (χ4n) is 1.60. The minimum Gasteiger partial charge on any atom is -0.267 e. The third kappa shape index (κ3) is 2.13. The molecule has 1 heterocycles. The van der Waals surface area contributed by atoms with Crippen molar-refractivity contribution >= 4 is 11.6 Å². The highest BCUT2D eigenvalue weighted by atomic mass is 16.6. The molecule has 0 amide bonds. The van der Waals surface area contributed by atoms with E-state index in [4.69, 9.17) is 0 Å². The quantitative estimate of drug-likeness (QED) is 0.599. The van der Waals surface area contributed by atoms with Gasteiger partial charge in [-0.05, 0) is 25.5 Å². The van der Waals surface area contributed by atoms with Gasteiger partial charge in [0, 0.05) is 23.4 Å². The van der Waals surface area contributed by atoms with Gasteiger partial charge in [-0.2, -0.15) is 5.10 Å². The van der Waals surface area contributed by atoms with E-state index in [9.17, 15) is 14.9 Å². The largest absolute Gasteiger partial charge is 0.278 e. The summed E-state index contributed by atoms with van der Waals surface area (Å²) >= 11 is 0. The molecule has 0 bridgehead atoms. The van der Waals surface area contributed by atoms with Gasteiger partial charge in [0.25, 0.3) is 11.6 Å². The molecule has 0 unspecified atom stereocenters. The van der Waals surface area contributed by atoms with Crippen molar-refractivity contribution in [2.75, 3.05) is 0 Å². The predicted octanol–water partition coefficient (Wildman–Crippen LogP) is 2.10. The lowest BCUT2D eigenvalue weighted by Gasteiger charge is -2.02. The van der Waals surface area contributed by atoms with Crippen molar-refractivity contribution in [1.82, 2.24) is 9.78 Å². The smallest absolute Gasteiger partial charge is 0.267 e. The van der Waals surface area contributed by atoms with E-state index in [1.165, 1.54) is 10.7 Å². The zero-order valence-electron chi connectivity index (χ0n) is 9.95. The van der Waals surface area contributed by atoms with E-state index in [0.717, 1.165) is 5.56 Å². The maximum Gasteiger partial charge on any atom is 0.278 e. The maximum atomic E-state index is 12.0. The maximum absolute atomic E-state index is 12.0. The van der Waals surface area contributed by atoms with E-state index < -0.39 is 4.92 Å². The van der Waals surface area contributed by atoms with E-state index in [1.807, 2.05) is 6.92 Å². The van der Waals surface area contributed by atoms with Gasteiger partial charge in [0.05, 0.1) is 11.1 Å². The van der Waals surface area contributed by atoms with Crippen LogP contribution < -0.4 is 0 Å². The molecule has 0 fully saturated rings. The van der Waals surface area contributed by atoms with Crippen molar-refractivity contribution in [2.45, 2.75) is 13.8 Å². The van der Waals surface area contributed by atoms with Gasteiger partial charge < -0.3 is 0 Å². The number of carbonyl (C=O) groups is 1. The molecule has 92 valence electrons. The fourth-order valence-corrected chi connectivity index (χ4v) is 1.60. The molecule has 1 aromatic heterocycles. The Hall–Kier alpha value is -2.50. The second-order valence-corrected chi connectivity index (χ2v) is 4.03. The highest BCUT2D eigenvalue weighted by Crippen LogP contribution is 2.19. The third-order valence-corrected chi connectivity index (χ3v) is 2.57. The zero-order valence-corrected chi connectivity index (χ0v) is 9.95. The topological polar surface area (TPSA) is 78.0 Å². The second kappa shape index (κ2) is 4.40. The first-order valence-corrected chi connectivity index (χ1v) is 5.30. The Morgan fingerprint density at radius 3 is 2.67 bits per heavy atom. The number of nitro groups is 1. The van der Waals surface area contributed by atoms with Gasteiger partial charge >= 0.3 is 0 Å². The molecule has 6 heteroatoms. The van der Waals surface area contributed by atoms with Crippen LogP contribution in [-0.4, -0.2) is 20.6 Å². The summed E-state index contributed by atoms with van der Waals surface area (Å²) in [5, 5.41) is 14.7. The molecule has 0 atom stereocenters. The van der Waals surface area contributed by atoms with Crippen LogP contribution in [0.2, 0.25) is 0 Å². The number of aromatic nitrogens is 2. The average Bonchev–Trinajstić information content (AvgIpc) is 2.75. The molecule has 0 radical (unpaired) electrons. The van der Waals surface area contributed by atoms with Crippen molar-refractivity contribution in [2.24, 2.45) is 0 Å². The van der Waals surface area contributed by atoms with Gasteiger partial charge in [-0.3, -0.25) is 14.9 Å². The summed E-state index contributed by atoms with van der Waals surface area (Å²) in [6, 6.07) is 4.39. The summed E-state index contributed by atoms with van der Waals surface area (Å²) in [7, 11) is 0. The van der Waals surface area contributed by atoms with Crippen LogP contribution in [0.1, 0.15) is 21.5 Å². The summed E-state index contributed by atoms with van der Waals surface area (Å²) in [5.41, 5.74) is 1.55. The first kappa shape index (κ1) is 12.0. The first-order valence-electron chi connectivity index (χ1n) is 5.30. The Kier molecular flexibility index (Phi) is 2.93. The van der Waals surface area contributed by atoms with Crippen molar-refractivity contribution in [3.05, 3.63) is 57.4 Å². The van der Waals surface area contributed by atoms with Crippen LogP contribution >= 0.6 is 0 Å². The van der Waals surface area contributed by atoms with Crippen LogP contribution in [0.25, 0.3) is 0 Å². The van der Waals surface area contributed by atoms with Crippen LogP contribution in [0, 0.1) is 24.0 Å². The van der Waals surface area contributed by atoms with Gasteiger partial charge in [0.15, 0.2) is 0 Å². The molecule has 0 aliphatic rings. The number of hydrogen-bond acceptors (Lipinski definition) is 4. The van der Waals surface area contributed by atoms with Crippen LogP contribution in [0.15, 0.2) is 30.6 Å². The Balaban J connectivity index is 2.43. The first-order chi connectivity index (χ1) is 8.49. The molecule has 0 aliphatic heterocycles. The highest BCUT2D eigenvalue weighted by molar-refractivity contribution is 5.96. The molecule has 18 heavy (non-hydrogen) atoms. The minimum atomic E-state index is -0.500. The molecule has 0 saturated heterocycles. The van der Waals surface area contributed by atoms with Gasteiger partial charge in [-0.15, -0.1) is 0 Å². The molecule has 0 aliphatic carbocycles. The summed E-state index contributed by atoms with van der Waals surface area (Å²) in [5.74, 6) is -0.383. The van der Waals surface area contributed by atoms with E-state index in [-0.39, 0.29) is 17.2 Å². The van der Waals surface area contributed by atoms with E-state index in [1.54, 1.807) is 31.5 Å². The molecule has 2 rings (SSSR count). The number of nitrogens with zero attached hydrogens (tertiary/aromatic N) is 3. The molecular formula is C12H11N3O3. The van der Waals surface area contributed by atoms with Crippen molar-refractivity contribution in [3.63, 3.8) is 0 Å². The fraction of sp³-hybridized carbons (Fsp3) is 0.167. The van der Waals surface area contributed by atoms with Crippen LogP contribution in [0.3, 0.4) is 0 Å². The summed E-state index contributed by atoms with van der Waals surface area (Å²) in [6.45, 7) is 3.44. The van der Waals surface area contributed by atoms with Crippen molar-refractivity contribution in [3.8, 4) is 0 Å². The molecule has 6 nitrogen and oxygen atoms in total. The molecular weight excluding hydrogens is 234 g/mol. The van der Waals surface area contributed by atoms with Gasteiger partial charge in [0.2, 0.25) is 0 Å². The molecule has 2 aromatic rings. The number of benzene rings is 1. The molecule has 0 N–H and O–H groups in total. The lowest BCUT2D eigenvalue weighted by Crippen LogP contribution is -2.12. The zero-order chi connectivity index (χ0) is 13.3. The summed E-state index contributed by atoms with van der Waals surface area (Å²) in [4.78, 5) is 22.3. The third-order valence-electron chi connectivity index (χ3n) is 2.57. The van der Waals surface area contributed by atoms with Crippen LogP contribution in [0.5, 0.6) is 0 Å². The number of rotatable bonds is 2. The summed E-state index contributed by atoms with van der Waals surface area (Å²) in [6.07, 6.45) is 3.13. The second-order valence-electron chi connectivity index (χ2n) is 4.03. The van der Waals surface area contributed by atoms with Gasteiger partial charge in [-0.25, -0.2) is 4.68 Å². The monoisotopic (exact) mass is 245 g/mol. The SMILES string of the molecule is Cc1cnn(C(=O)c2ccc(C)c([N+](=O)[O-])c2)c1. The van der Waals surface area contributed by atoms with Gasteiger partial charge in [0.1, 0.15) is 0 Å². The highest BCUT2D eigenvalue weighted by Gasteiger charge is 2.16. The summed E-state index contributed by atoms with van der Waals surface area (Å²) < 4.78 is 1.17. The van der Waals surface area contributed by atoms with Crippen LogP contribution in [0.4, 0.5) is 5.69 Å². The normalized spacial score (nSPS) is 10.3. The van der Waals surface area contributed by atoms with Gasteiger partial charge in [-0.1, -0.05) is 6.07 Å². The molecule has 0 saturated carbocycles. The Labute approximate surface area is 103 Å². The number of aryl methyl sites for hydroxylation is 2. The Morgan fingerprint density at radius 1 is 1.39 bits per heavy atom. The van der Waals surface area contributed by atoms with E-state index in [2.05, 4.69) is 5.10 Å². The van der Waals surface area contributed by atoms with Crippen molar-refractivity contribution < 1.29 is 9.72 Å². The Bertz CT molecular complexity index is 631. The van der Waals surface area contributed by atoms with E-state index in [0.29, 0.717) is 5.56 Å². The van der Waals surface area contributed by atoms with E-state index >= 15 is 0 Å². The minimum absolute atomic E-state index is 0.0651. The van der Waals surface area contributed by atoms with Crippen molar-refractivity contribution in [1.29, 1.82) is 0 Å². The average molecular weight is 245 g/mol. The van der Waals surface area contributed by atoms with Crippen LogP contribution in [-0.2, 0) is 0 Å². The number of nitro benzene ring substituents is 1.